The van der Waals surface area contributed by atoms with Gasteiger partial charge in [0.25, 0.3) is 0 Å². The third-order valence-corrected chi connectivity index (χ3v) is 3.89. The largest absolute Gasteiger partial charge is 0.294 e. The molecule has 2 nitrogen and oxygen atoms in total. The number of hydrogen-bond acceptors (Lipinski definition) is 2. The van der Waals surface area contributed by atoms with Crippen LogP contribution in [0.2, 0.25) is 0 Å². The average Bonchev–Trinajstić information content (AvgIpc) is 2.79. The number of rotatable bonds is 3. The SMILES string of the molecule is CCC(=O)C1=CCc2c1cc(C(C)(C)C)nc2C(C)C. The van der Waals surface area contributed by atoms with Gasteiger partial charge in [0.1, 0.15) is 0 Å². The smallest absolute Gasteiger partial charge is 0.162 e. The van der Waals surface area contributed by atoms with E-state index in [9.17, 15) is 4.79 Å². The van der Waals surface area contributed by atoms with E-state index in [1.165, 1.54) is 5.56 Å². The summed E-state index contributed by atoms with van der Waals surface area (Å²) in [6.07, 6.45) is 3.49. The van der Waals surface area contributed by atoms with Crippen LogP contribution in [0.3, 0.4) is 0 Å². The molecule has 0 aliphatic heterocycles. The standard InChI is InChI=1S/C18H25NO/c1-7-15(20)12-8-9-13-14(12)10-16(18(4,5)6)19-17(13)11(2)3/h8,10-11H,7,9H2,1-6H3. The Kier molecular flexibility index (Phi) is 3.86. The summed E-state index contributed by atoms with van der Waals surface area (Å²) in [5.74, 6) is 0.625. The minimum atomic E-state index is 0.00162. The zero-order valence-corrected chi connectivity index (χ0v) is 13.5. The molecule has 0 saturated carbocycles. The van der Waals surface area contributed by atoms with Crippen molar-refractivity contribution in [1.82, 2.24) is 4.98 Å². The van der Waals surface area contributed by atoms with Crippen LogP contribution in [0.5, 0.6) is 0 Å². The number of pyridine rings is 1. The lowest BCUT2D eigenvalue weighted by atomic mass is 9.87. The molecular weight excluding hydrogens is 246 g/mol. The summed E-state index contributed by atoms with van der Waals surface area (Å²) in [5.41, 5.74) is 5.52. The second kappa shape index (κ2) is 5.16. The third kappa shape index (κ3) is 2.56. The quantitative estimate of drug-likeness (QED) is 0.814. The van der Waals surface area contributed by atoms with E-state index in [1.807, 2.05) is 6.92 Å². The Morgan fingerprint density at radius 3 is 2.50 bits per heavy atom. The van der Waals surface area contributed by atoms with Crippen LogP contribution in [-0.4, -0.2) is 10.8 Å². The molecule has 1 heterocycles. The molecule has 0 saturated heterocycles. The van der Waals surface area contributed by atoms with Crippen LogP contribution in [0.4, 0.5) is 0 Å². The van der Waals surface area contributed by atoms with E-state index in [1.54, 1.807) is 0 Å². The molecule has 1 aromatic heterocycles. The molecule has 0 N–H and O–H groups in total. The number of carbonyl (C=O) groups excluding carboxylic acids is 1. The molecule has 2 rings (SSSR count). The Morgan fingerprint density at radius 2 is 2.00 bits per heavy atom. The fourth-order valence-corrected chi connectivity index (χ4v) is 2.68. The Labute approximate surface area is 122 Å². The molecule has 1 aliphatic carbocycles. The molecule has 108 valence electrons. The van der Waals surface area contributed by atoms with Gasteiger partial charge in [-0.05, 0) is 29.5 Å². The van der Waals surface area contributed by atoms with E-state index in [0.717, 1.165) is 28.9 Å². The van der Waals surface area contributed by atoms with Crippen molar-refractivity contribution >= 4 is 11.4 Å². The zero-order chi connectivity index (χ0) is 15.1. The first-order valence-corrected chi connectivity index (χ1v) is 7.53. The molecule has 0 radical (unpaired) electrons. The summed E-state index contributed by atoms with van der Waals surface area (Å²) in [5, 5.41) is 0. The van der Waals surface area contributed by atoms with Crippen molar-refractivity contribution in [3.05, 3.63) is 34.7 Å². The van der Waals surface area contributed by atoms with E-state index in [2.05, 4.69) is 46.8 Å². The Morgan fingerprint density at radius 1 is 1.35 bits per heavy atom. The van der Waals surface area contributed by atoms with Crippen molar-refractivity contribution in [3.63, 3.8) is 0 Å². The summed E-state index contributed by atoms with van der Waals surface area (Å²) in [4.78, 5) is 17.0. The maximum atomic E-state index is 12.1. The molecule has 0 fully saturated rings. The highest BCUT2D eigenvalue weighted by atomic mass is 16.1. The van der Waals surface area contributed by atoms with Gasteiger partial charge in [-0.1, -0.05) is 47.6 Å². The van der Waals surface area contributed by atoms with Gasteiger partial charge in [0.2, 0.25) is 0 Å². The average molecular weight is 271 g/mol. The maximum absolute atomic E-state index is 12.1. The van der Waals surface area contributed by atoms with Crippen molar-refractivity contribution in [2.24, 2.45) is 0 Å². The molecule has 0 amide bonds. The van der Waals surface area contributed by atoms with Crippen molar-refractivity contribution in [2.75, 3.05) is 0 Å². The van der Waals surface area contributed by atoms with Gasteiger partial charge < -0.3 is 0 Å². The van der Waals surface area contributed by atoms with Gasteiger partial charge in [0, 0.05) is 28.8 Å². The monoisotopic (exact) mass is 271 g/mol. The Hall–Kier alpha value is -1.44. The number of carbonyl (C=O) groups is 1. The van der Waals surface area contributed by atoms with Gasteiger partial charge in [0.15, 0.2) is 5.78 Å². The van der Waals surface area contributed by atoms with Crippen molar-refractivity contribution < 1.29 is 4.79 Å². The Balaban J connectivity index is 2.63. The van der Waals surface area contributed by atoms with Crippen LogP contribution >= 0.6 is 0 Å². The Bertz CT molecular complexity index is 574. The van der Waals surface area contributed by atoms with E-state index in [4.69, 9.17) is 4.98 Å². The van der Waals surface area contributed by atoms with E-state index >= 15 is 0 Å². The van der Waals surface area contributed by atoms with Gasteiger partial charge in [-0.15, -0.1) is 0 Å². The fourth-order valence-electron chi connectivity index (χ4n) is 2.68. The molecule has 0 spiro atoms. The third-order valence-electron chi connectivity index (χ3n) is 3.89. The lowest BCUT2D eigenvalue weighted by molar-refractivity contribution is -0.113. The lowest BCUT2D eigenvalue weighted by Gasteiger charge is -2.22. The summed E-state index contributed by atoms with van der Waals surface area (Å²) in [7, 11) is 0. The maximum Gasteiger partial charge on any atom is 0.162 e. The summed E-state index contributed by atoms with van der Waals surface area (Å²) in [6.45, 7) is 12.8. The van der Waals surface area contributed by atoms with Crippen LogP contribution in [-0.2, 0) is 16.6 Å². The summed E-state index contributed by atoms with van der Waals surface area (Å²) >= 11 is 0. The number of hydrogen-bond donors (Lipinski definition) is 0. The first-order valence-electron chi connectivity index (χ1n) is 7.53. The molecule has 1 aliphatic rings. The van der Waals surface area contributed by atoms with Crippen LogP contribution < -0.4 is 0 Å². The van der Waals surface area contributed by atoms with Crippen molar-refractivity contribution in [1.29, 1.82) is 0 Å². The number of ketones is 1. The van der Waals surface area contributed by atoms with Crippen molar-refractivity contribution in [3.8, 4) is 0 Å². The predicted octanol–water partition coefficient (Wildman–Crippen LogP) is 4.42. The van der Waals surface area contributed by atoms with Gasteiger partial charge >= 0.3 is 0 Å². The molecule has 0 atom stereocenters. The van der Waals surface area contributed by atoms with Crippen molar-refractivity contribution in [2.45, 2.75) is 65.7 Å². The molecular formula is C18H25NO. The lowest BCUT2D eigenvalue weighted by Crippen LogP contribution is -2.17. The highest BCUT2D eigenvalue weighted by Gasteiger charge is 2.27. The highest BCUT2D eigenvalue weighted by Crippen LogP contribution is 2.36. The van der Waals surface area contributed by atoms with Gasteiger partial charge in [-0.2, -0.15) is 0 Å². The normalized spacial score (nSPS) is 14.4. The topological polar surface area (TPSA) is 30.0 Å². The van der Waals surface area contributed by atoms with E-state index in [-0.39, 0.29) is 11.2 Å². The summed E-state index contributed by atoms with van der Waals surface area (Å²) < 4.78 is 0. The van der Waals surface area contributed by atoms with Gasteiger partial charge in [0.05, 0.1) is 0 Å². The zero-order valence-electron chi connectivity index (χ0n) is 13.5. The first-order chi connectivity index (χ1) is 9.25. The minimum absolute atomic E-state index is 0.00162. The second-order valence-corrected chi connectivity index (χ2v) is 6.92. The predicted molar refractivity (Wildman–Crippen MR) is 84.0 cm³/mol. The van der Waals surface area contributed by atoms with Crippen LogP contribution in [0.15, 0.2) is 12.1 Å². The fraction of sp³-hybridized carbons (Fsp3) is 0.556. The number of nitrogens with zero attached hydrogens (tertiary/aromatic N) is 1. The highest BCUT2D eigenvalue weighted by molar-refractivity contribution is 6.22. The minimum Gasteiger partial charge on any atom is -0.294 e. The van der Waals surface area contributed by atoms with Gasteiger partial charge in [-0.3, -0.25) is 9.78 Å². The second-order valence-electron chi connectivity index (χ2n) is 6.92. The molecule has 0 unspecified atom stereocenters. The molecule has 0 bridgehead atoms. The number of fused-ring (bicyclic) bond motifs is 1. The number of aromatic nitrogens is 1. The van der Waals surface area contributed by atoms with Crippen LogP contribution in [0, 0.1) is 0 Å². The van der Waals surface area contributed by atoms with E-state index in [0.29, 0.717) is 12.3 Å². The molecule has 2 heteroatoms. The molecule has 20 heavy (non-hydrogen) atoms. The van der Waals surface area contributed by atoms with Crippen LogP contribution in [0.25, 0.3) is 5.57 Å². The van der Waals surface area contributed by atoms with Gasteiger partial charge in [-0.25, -0.2) is 0 Å². The summed E-state index contributed by atoms with van der Waals surface area (Å²) in [6, 6.07) is 2.13. The van der Waals surface area contributed by atoms with E-state index < -0.39 is 0 Å². The number of Topliss-reactive ketones (excluding diaryl/α,β-unsaturated/α-hetero) is 1. The molecule has 0 aromatic carbocycles. The first kappa shape index (κ1) is 15.0. The van der Waals surface area contributed by atoms with Crippen LogP contribution in [0.1, 0.15) is 76.4 Å². The number of allylic oxidation sites excluding steroid dienone is 2. The molecule has 1 aromatic rings.